The second kappa shape index (κ2) is 13.6. The average Bonchev–Trinajstić information content (AvgIpc) is 2.95. The molecule has 0 aliphatic heterocycles. The van der Waals surface area contributed by atoms with Crippen LogP contribution in [-0.4, -0.2) is 28.6 Å². The molecular formula is C29H24Cl3FN4O3. The SMILES string of the molecule is O=C(CO)NCc1nc(-c2ccc(Cl)cc2)c(-c2ccc(Cl)cc2Cl)cc1CNC(=O)NCc1ccccc1F. The van der Waals surface area contributed by atoms with Crippen LogP contribution in [0.25, 0.3) is 22.4 Å². The van der Waals surface area contributed by atoms with Crippen LogP contribution < -0.4 is 16.0 Å². The van der Waals surface area contributed by atoms with E-state index in [1.165, 1.54) is 6.07 Å². The normalized spacial score (nSPS) is 10.7. The second-order valence-electron chi connectivity index (χ2n) is 8.68. The minimum atomic E-state index is -0.686. The van der Waals surface area contributed by atoms with Gasteiger partial charge in [0.1, 0.15) is 12.4 Å². The Morgan fingerprint density at radius 3 is 2.12 bits per heavy atom. The van der Waals surface area contributed by atoms with E-state index in [0.717, 1.165) is 5.56 Å². The van der Waals surface area contributed by atoms with Gasteiger partial charge in [-0.1, -0.05) is 71.2 Å². The Kier molecular flexibility index (Phi) is 9.95. The molecule has 0 saturated carbocycles. The van der Waals surface area contributed by atoms with Crippen LogP contribution >= 0.6 is 34.8 Å². The molecule has 0 bridgehead atoms. The lowest BCUT2D eigenvalue weighted by molar-refractivity contribution is -0.124. The molecule has 0 unspecified atom stereocenters. The molecule has 0 aliphatic carbocycles. The van der Waals surface area contributed by atoms with Crippen molar-refractivity contribution < 1.29 is 19.1 Å². The number of hydrogen-bond donors (Lipinski definition) is 4. The smallest absolute Gasteiger partial charge is 0.315 e. The van der Waals surface area contributed by atoms with Gasteiger partial charge in [0.15, 0.2) is 0 Å². The number of carbonyl (C=O) groups excluding carboxylic acids is 2. The van der Waals surface area contributed by atoms with Crippen LogP contribution in [0.1, 0.15) is 16.8 Å². The number of nitrogens with one attached hydrogen (secondary N) is 3. The lowest BCUT2D eigenvalue weighted by Crippen LogP contribution is -2.35. The fourth-order valence-corrected chi connectivity index (χ4v) is 4.57. The van der Waals surface area contributed by atoms with Crippen molar-refractivity contribution in [1.82, 2.24) is 20.9 Å². The van der Waals surface area contributed by atoms with Gasteiger partial charge in [0.05, 0.1) is 17.9 Å². The highest BCUT2D eigenvalue weighted by molar-refractivity contribution is 6.36. The number of hydrogen-bond acceptors (Lipinski definition) is 4. The molecule has 40 heavy (non-hydrogen) atoms. The Hall–Kier alpha value is -3.69. The van der Waals surface area contributed by atoms with Gasteiger partial charge in [-0.3, -0.25) is 4.79 Å². The van der Waals surface area contributed by atoms with E-state index in [9.17, 15) is 19.1 Å². The zero-order chi connectivity index (χ0) is 28.6. The Labute approximate surface area is 245 Å². The molecule has 11 heteroatoms. The first-order valence-electron chi connectivity index (χ1n) is 12.1. The van der Waals surface area contributed by atoms with Gasteiger partial charge in [-0.25, -0.2) is 14.2 Å². The van der Waals surface area contributed by atoms with Crippen molar-refractivity contribution in [2.75, 3.05) is 6.61 Å². The van der Waals surface area contributed by atoms with E-state index < -0.39 is 24.4 Å². The van der Waals surface area contributed by atoms with Crippen LogP contribution in [0, 0.1) is 5.82 Å². The van der Waals surface area contributed by atoms with E-state index >= 15 is 0 Å². The zero-order valence-corrected chi connectivity index (χ0v) is 23.2. The predicted molar refractivity (Wildman–Crippen MR) is 155 cm³/mol. The number of halogens is 4. The van der Waals surface area contributed by atoms with Gasteiger partial charge < -0.3 is 21.1 Å². The van der Waals surface area contributed by atoms with Gasteiger partial charge in [0.25, 0.3) is 0 Å². The number of aliphatic hydroxyl groups excluding tert-OH is 1. The largest absolute Gasteiger partial charge is 0.387 e. The number of carbonyl (C=O) groups is 2. The highest BCUT2D eigenvalue weighted by atomic mass is 35.5. The van der Waals surface area contributed by atoms with Crippen molar-refractivity contribution in [3.63, 3.8) is 0 Å². The van der Waals surface area contributed by atoms with E-state index in [0.29, 0.717) is 48.7 Å². The first kappa shape index (κ1) is 29.3. The molecule has 3 amide bonds. The molecule has 0 saturated heterocycles. The number of aliphatic hydroxyl groups is 1. The Morgan fingerprint density at radius 2 is 1.45 bits per heavy atom. The summed E-state index contributed by atoms with van der Waals surface area (Å²) < 4.78 is 13.9. The van der Waals surface area contributed by atoms with Gasteiger partial charge in [-0.2, -0.15) is 0 Å². The number of nitrogens with zero attached hydrogens (tertiary/aromatic N) is 1. The third-order valence-electron chi connectivity index (χ3n) is 5.96. The molecule has 4 N–H and O–H groups in total. The van der Waals surface area contributed by atoms with E-state index in [2.05, 4.69) is 16.0 Å². The maximum Gasteiger partial charge on any atom is 0.315 e. The zero-order valence-electron chi connectivity index (χ0n) is 21.0. The van der Waals surface area contributed by atoms with Gasteiger partial charge in [0.2, 0.25) is 5.91 Å². The minimum Gasteiger partial charge on any atom is -0.387 e. The van der Waals surface area contributed by atoms with Crippen molar-refractivity contribution in [3.8, 4) is 22.4 Å². The fraction of sp³-hybridized carbons (Fsp3) is 0.138. The number of aromatic nitrogens is 1. The number of benzene rings is 3. The van der Waals surface area contributed by atoms with E-state index in [1.807, 2.05) is 18.2 Å². The molecule has 0 aliphatic rings. The first-order chi connectivity index (χ1) is 19.2. The molecule has 3 aromatic carbocycles. The van der Waals surface area contributed by atoms with Crippen molar-refractivity contribution in [3.05, 3.63) is 111 Å². The maximum absolute atomic E-state index is 13.9. The van der Waals surface area contributed by atoms with Gasteiger partial charge >= 0.3 is 6.03 Å². The van der Waals surface area contributed by atoms with Crippen LogP contribution in [0.5, 0.6) is 0 Å². The highest BCUT2D eigenvalue weighted by Crippen LogP contribution is 2.37. The summed E-state index contributed by atoms with van der Waals surface area (Å²) in [6.07, 6.45) is 0. The molecule has 4 rings (SSSR count). The monoisotopic (exact) mass is 600 g/mol. The van der Waals surface area contributed by atoms with E-state index in [1.54, 1.807) is 48.5 Å². The minimum absolute atomic E-state index is 0.00267. The molecule has 1 heterocycles. The van der Waals surface area contributed by atoms with Crippen molar-refractivity contribution in [1.29, 1.82) is 0 Å². The third-order valence-corrected chi connectivity index (χ3v) is 6.76. The van der Waals surface area contributed by atoms with Gasteiger partial charge in [-0.05, 0) is 42.0 Å². The summed E-state index contributed by atoms with van der Waals surface area (Å²) in [7, 11) is 0. The van der Waals surface area contributed by atoms with Crippen molar-refractivity contribution in [2.45, 2.75) is 19.6 Å². The average molecular weight is 602 g/mol. The third kappa shape index (κ3) is 7.49. The molecule has 1 aromatic heterocycles. The summed E-state index contributed by atoms with van der Waals surface area (Å²) in [5, 5.41) is 18.6. The van der Waals surface area contributed by atoms with Gasteiger partial charge in [-0.15, -0.1) is 0 Å². The van der Waals surface area contributed by atoms with E-state index in [-0.39, 0.29) is 19.6 Å². The summed E-state index contributed by atoms with van der Waals surface area (Å²) in [5.74, 6) is -1.00. The van der Waals surface area contributed by atoms with Crippen LogP contribution in [0.3, 0.4) is 0 Å². The highest BCUT2D eigenvalue weighted by Gasteiger charge is 2.18. The quantitative estimate of drug-likeness (QED) is 0.186. The predicted octanol–water partition coefficient (Wildman–Crippen LogP) is 6.12. The Balaban J connectivity index is 1.70. The summed E-state index contributed by atoms with van der Waals surface area (Å²) in [6.45, 7) is -0.673. The van der Waals surface area contributed by atoms with Crippen LogP contribution in [0.15, 0.2) is 72.8 Å². The summed E-state index contributed by atoms with van der Waals surface area (Å²) >= 11 is 18.8. The topological polar surface area (TPSA) is 103 Å². The van der Waals surface area contributed by atoms with Crippen LogP contribution in [0.4, 0.5) is 9.18 Å². The van der Waals surface area contributed by atoms with Crippen LogP contribution in [0.2, 0.25) is 15.1 Å². The maximum atomic E-state index is 13.9. The molecule has 4 aromatic rings. The molecule has 206 valence electrons. The summed E-state index contributed by atoms with van der Waals surface area (Å²) in [5.41, 5.74) is 3.99. The summed E-state index contributed by atoms with van der Waals surface area (Å²) in [6, 6.07) is 19.6. The van der Waals surface area contributed by atoms with Crippen molar-refractivity contribution >= 4 is 46.7 Å². The molecular weight excluding hydrogens is 578 g/mol. The molecule has 0 fully saturated rings. The standard InChI is InChI=1S/C29H24Cl3FN4O3/c30-20-7-5-17(6-8-20)28-23(22-10-9-21(31)12-24(22)32)11-19(26(37-28)15-34-27(39)16-38)14-36-29(40)35-13-18-3-1-2-4-25(18)33/h1-12,38H,13-16H2,(H,34,39)(H2,35,36,40). The second-order valence-corrected chi connectivity index (χ2v) is 9.96. The number of pyridine rings is 1. The Bertz CT molecular complexity index is 1530. The lowest BCUT2D eigenvalue weighted by Gasteiger charge is -2.18. The van der Waals surface area contributed by atoms with E-state index in [4.69, 9.17) is 39.8 Å². The van der Waals surface area contributed by atoms with Gasteiger partial charge in [0, 0.05) is 50.4 Å². The molecule has 0 radical (unpaired) electrons. The molecule has 0 atom stereocenters. The van der Waals surface area contributed by atoms with Crippen molar-refractivity contribution in [2.24, 2.45) is 0 Å². The fourth-order valence-electron chi connectivity index (χ4n) is 3.93. The molecule has 7 nitrogen and oxygen atoms in total. The number of urea groups is 1. The lowest BCUT2D eigenvalue weighted by atomic mass is 9.96. The molecule has 0 spiro atoms. The Morgan fingerprint density at radius 1 is 0.775 bits per heavy atom. The number of amides is 3. The number of rotatable bonds is 9. The summed E-state index contributed by atoms with van der Waals surface area (Å²) in [4.78, 5) is 29.2. The first-order valence-corrected chi connectivity index (χ1v) is 13.3. The van der Waals surface area contributed by atoms with Crippen LogP contribution in [-0.2, 0) is 24.4 Å².